The van der Waals surface area contributed by atoms with Gasteiger partial charge in [-0.2, -0.15) is 0 Å². The van der Waals surface area contributed by atoms with E-state index >= 15 is 0 Å². The summed E-state index contributed by atoms with van der Waals surface area (Å²) in [6.07, 6.45) is 2.44. The smallest absolute Gasteiger partial charge is 0.203 e. The lowest BCUT2D eigenvalue weighted by atomic mass is 10.2. The average molecular weight is 239 g/mol. The molecular formula is C11H21N5O. The maximum Gasteiger partial charge on any atom is 0.203 e. The van der Waals surface area contributed by atoms with E-state index in [9.17, 15) is 0 Å². The maximum absolute atomic E-state index is 5.71. The summed E-state index contributed by atoms with van der Waals surface area (Å²) >= 11 is 0. The average Bonchev–Trinajstić information content (AvgIpc) is 2.27. The highest BCUT2D eigenvalue weighted by Crippen LogP contribution is 2.26. The molecule has 1 heterocycles. The first kappa shape index (κ1) is 13.5. The molecule has 0 spiro atoms. The van der Waals surface area contributed by atoms with Crippen molar-refractivity contribution >= 4 is 11.6 Å². The first-order valence-corrected chi connectivity index (χ1v) is 5.60. The van der Waals surface area contributed by atoms with E-state index in [1.807, 2.05) is 0 Å². The molecule has 1 aromatic rings. The van der Waals surface area contributed by atoms with Gasteiger partial charge in [0.05, 0.1) is 7.11 Å². The highest BCUT2D eigenvalue weighted by Gasteiger charge is 2.11. The van der Waals surface area contributed by atoms with Crippen LogP contribution in [0, 0.1) is 0 Å². The van der Waals surface area contributed by atoms with E-state index in [0.717, 1.165) is 13.0 Å². The van der Waals surface area contributed by atoms with Gasteiger partial charge in [0.2, 0.25) is 5.75 Å². The standard InChI is InChI=1S/C11H21N5O/c1-8(5-6-16(2)3)15-11-9(17-4)10(12)13-7-14-11/h7-8H,5-6H2,1-4H3,(H3,12,13,14,15). The summed E-state index contributed by atoms with van der Waals surface area (Å²) in [5, 5.41) is 3.27. The number of nitrogens with zero attached hydrogens (tertiary/aromatic N) is 3. The Hall–Kier alpha value is -1.56. The minimum Gasteiger partial charge on any atom is -0.490 e. The summed E-state index contributed by atoms with van der Waals surface area (Å²) < 4.78 is 5.18. The second-order valence-corrected chi connectivity index (χ2v) is 4.28. The van der Waals surface area contributed by atoms with Gasteiger partial charge in [0.15, 0.2) is 11.6 Å². The van der Waals surface area contributed by atoms with Gasteiger partial charge in [-0.05, 0) is 34.0 Å². The van der Waals surface area contributed by atoms with Crippen LogP contribution in [-0.4, -0.2) is 48.7 Å². The van der Waals surface area contributed by atoms with Gasteiger partial charge in [-0.15, -0.1) is 0 Å². The van der Waals surface area contributed by atoms with Crippen molar-refractivity contribution < 1.29 is 4.74 Å². The van der Waals surface area contributed by atoms with Crippen LogP contribution in [-0.2, 0) is 0 Å². The summed E-state index contributed by atoms with van der Waals surface area (Å²) in [6, 6.07) is 0.292. The zero-order chi connectivity index (χ0) is 12.8. The lowest BCUT2D eigenvalue weighted by molar-refractivity contribution is 0.388. The predicted molar refractivity (Wildman–Crippen MR) is 69.3 cm³/mol. The van der Waals surface area contributed by atoms with Crippen LogP contribution in [0.2, 0.25) is 0 Å². The zero-order valence-electron chi connectivity index (χ0n) is 10.9. The van der Waals surface area contributed by atoms with Crippen molar-refractivity contribution in [3.63, 3.8) is 0 Å². The van der Waals surface area contributed by atoms with Gasteiger partial charge in [0, 0.05) is 6.04 Å². The molecule has 0 aromatic carbocycles. The predicted octanol–water partition coefficient (Wildman–Crippen LogP) is 0.820. The van der Waals surface area contributed by atoms with Gasteiger partial charge < -0.3 is 20.7 Å². The van der Waals surface area contributed by atoms with Gasteiger partial charge in [0.1, 0.15) is 6.33 Å². The number of anilines is 2. The second-order valence-electron chi connectivity index (χ2n) is 4.28. The molecule has 0 aliphatic heterocycles. The number of hydrogen-bond acceptors (Lipinski definition) is 6. The number of hydrogen-bond donors (Lipinski definition) is 2. The SMILES string of the molecule is COc1c(N)ncnc1NC(C)CCN(C)C. The monoisotopic (exact) mass is 239 g/mol. The molecule has 0 bridgehead atoms. The van der Waals surface area contributed by atoms with E-state index in [1.54, 1.807) is 7.11 Å². The fourth-order valence-electron chi connectivity index (χ4n) is 1.45. The Balaban J connectivity index is 2.64. The van der Waals surface area contributed by atoms with Crippen molar-refractivity contribution in [3.05, 3.63) is 6.33 Å². The Morgan fingerprint density at radius 3 is 2.76 bits per heavy atom. The summed E-state index contributed by atoms with van der Waals surface area (Å²) in [6.45, 7) is 3.11. The van der Waals surface area contributed by atoms with Crippen LogP contribution in [0.4, 0.5) is 11.6 Å². The third-order valence-electron chi connectivity index (χ3n) is 2.43. The van der Waals surface area contributed by atoms with Crippen LogP contribution in [0.3, 0.4) is 0 Å². The summed E-state index contributed by atoms with van der Waals surface area (Å²) in [4.78, 5) is 10.2. The van der Waals surface area contributed by atoms with Crippen molar-refractivity contribution in [3.8, 4) is 5.75 Å². The molecule has 17 heavy (non-hydrogen) atoms. The molecule has 1 aromatic heterocycles. The molecule has 6 nitrogen and oxygen atoms in total. The van der Waals surface area contributed by atoms with Crippen LogP contribution in [0.25, 0.3) is 0 Å². The molecule has 0 saturated carbocycles. The third-order valence-corrected chi connectivity index (χ3v) is 2.43. The summed E-state index contributed by atoms with van der Waals surface area (Å²) in [5.74, 6) is 1.50. The van der Waals surface area contributed by atoms with E-state index in [4.69, 9.17) is 10.5 Å². The number of rotatable bonds is 6. The molecule has 0 saturated heterocycles. The molecule has 1 atom stereocenters. The Bertz CT molecular complexity index is 356. The van der Waals surface area contributed by atoms with Crippen LogP contribution in [0.1, 0.15) is 13.3 Å². The highest BCUT2D eigenvalue weighted by atomic mass is 16.5. The molecular weight excluding hydrogens is 218 g/mol. The van der Waals surface area contributed by atoms with Gasteiger partial charge >= 0.3 is 0 Å². The first-order chi connectivity index (χ1) is 8.04. The minimum absolute atomic E-state index is 0.292. The Morgan fingerprint density at radius 2 is 2.18 bits per heavy atom. The van der Waals surface area contributed by atoms with Gasteiger partial charge in [0.25, 0.3) is 0 Å². The number of nitrogen functional groups attached to an aromatic ring is 1. The fourth-order valence-corrected chi connectivity index (χ4v) is 1.45. The van der Waals surface area contributed by atoms with Gasteiger partial charge in [-0.1, -0.05) is 0 Å². The van der Waals surface area contributed by atoms with E-state index < -0.39 is 0 Å². The van der Waals surface area contributed by atoms with Gasteiger partial charge in [-0.3, -0.25) is 0 Å². The fraction of sp³-hybridized carbons (Fsp3) is 0.636. The Kier molecular flexibility index (Phi) is 4.96. The topological polar surface area (TPSA) is 76.3 Å². The van der Waals surface area contributed by atoms with Crippen molar-refractivity contribution in [1.29, 1.82) is 0 Å². The Morgan fingerprint density at radius 1 is 1.47 bits per heavy atom. The Labute approximate surface area is 102 Å². The number of methoxy groups -OCH3 is 1. The molecule has 0 radical (unpaired) electrons. The van der Waals surface area contributed by atoms with Crippen molar-refractivity contribution in [2.24, 2.45) is 0 Å². The number of ether oxygens (including phenoxy) is 1. The van der Waals surface area contributed by atoms with Crippen molar-refractivity contribution in [2.45, 2.75) is 19.4 Å². The number of nitrogens with one attached hydrogen (secondary N) is 1. The molecule has 0 amide bonds. The first-order valence-electron chi connectivity index (χ1n) is 5.60. The highest BCUT2D eigenvalue weighted by molar-refractivity contribution is 5.61. The van der Waals surface area contributed by atoms with Crippen LogP contribution in [0.5, 0.6) is 5.75 Å². The molecule has 1 rings (SSSR count). The van der Waals surface area contributed by atoms with E-state index in [2.05, 4.69) is 41.2 Å². The van der Waals surface area contributed by atoms with E-state index in [-0.39, 0.29) is 0 Å². The van der Waals surface area contributed by atoms with Crippen LogP contribution >= 0.6 is 0 Å². The molecule has 0 aliphatic carbocycles. The number of aromatic nitrogens is 2. The summed E-state index contributed by atoms with van der Waals surface area (Å²) in [7, 11) is 5.66. The molecule has 0 aliphatic rings. The summed E-state index contributed by atoms with van der Waals surface area (Å²) in [5.41, 5.74) is 5.71. The van der Waals surface area contributed by atoms with Gasteiger partial charge in [-0.25, -0.2) is 9.97 Å². The molecule has 96 valence electrons. The lowest BCUT2D eigenvalue weighted by Gasteiger charge is -2.18. The van der Waals surface area contributed by atoms with E-state index in [0.29, 0.717) is 23.4 Å². The molecule has 1 unspecified atom stereocenters. The maximum atomic E-state index is 5.71. The zero-order valence-corrected chi connectivity index (χ0v) is 10.9. The van der Waals surface area contributed by atoms with Crippen molar-refractivity contribution in [2.75, 3.05) is 38.8 Å². The third kappa shape index (κ3) is 4.07. The van der Waals surface area contributed by atoms with Crippen LogP contribution < -0.4 is 15.8 Å². The minimum atomic E-state index is 0.292. The second kappa shape index (κ2) is 6.24. The number of nitrogens with two attached hydrogens (primary N) is 1. The normalized spacial score (nSPS) is 12.5. The quantitative estimate of drug-likeness (QED) is 0.765. The van der Waals surface area contributed by atoms with Crippen LogP contribution in [0.15, 0.2) is 6.33 Å². The molecule has 3 N–H and O–H groups in total. The molecule has 6 heteroatoms. The largest absolute Gasteiger partial charge is 0.490 e. The molecule has 0 fully saturated rings. The lowest BCUT2D eigenvalue weighted by Crippen LogP contribution is -2.23. The van der Waals surface area contributed by atoms with Crippen molar-refractivity contribution in [1.82, 2.24) is 14.9 Å². The van der Waals surface area contributed by atoms with E-state index in [1.165, 1.54) is 6.33 Å².